The Morgan fingerprint density at radius 2 is 2.16 bits per heavy atom. The van der Waals surface area contributed by atoms with E-state index in [0.29, 0.717) is 6.54 Å². The first-order chi connectivity index (χ1) is 9.24. The highest BCUT2D eigenvalue weighted by molar-refractivity contribution is 5.29. The van der Waals surface area contributed by atoms with Gasteiger partial charge in [0.2, 0.25) is 0 Å². The number of aliphatic hydroxyl groups excluding tert-OH is 1. The first-order valence-corrected chi connectivity index (χ1v) is 6.60. The van der Waals surface area contributed by atoms with Gasteiger partial charge in [-0.15, -0.1) is 0 Å². The number of benzene rings is 1. The highest BCUT2D eigenvalue weighted by Gasteiger charge is 2.18. The van der Waals surface area contributed by atoms with Crippen molar-refractivity contribution in [1.29, 1.82) is 0 Å². The Morgan fingerprint density at radius 3 is 2.89 bits per heavy atom. The molecule has 1 aliphatic heterocycles. The van der Waals surface area contributed by atoms with E-state index in [1.54, 1.807) is 7.11 Å². The van der Waals surface area contributed by atoms with Gasteiger partial charge in [-0.1, -0.05) is 12.1 Å². The SMILES string of the molecule is COc1ccc(Cc2cn3c(n2)CCC(O)C3)cc1. The second-order valence-electron chi connectivity index (χ2n) is 5.02. The minimum atomic E-state index is -0.226. The molecular formula is C15H18N2O2. The Kier molecular flexibility index (Phi) is 3.25. The molecule has 0 bridgehead atoms. The van der Waals surface area contributed by atoms with Crippen LogP contribution in [0.1, 0.15) is 23.5 Å². The van der Waals surface area contributed by atoms with Crippen LogP contribution in [0, 0.1) is 0 Å². The monoisotopic (exact) mass is 258 g/mol. The summed E-state index contributed by atoms with van der Waals surface area (Å²) in [6.45, 7) is 0.672. The molecule has 0 saturated carbocycles. The molecule has 0 fully saturated rings. The van der Waals surface area contributed by atoms with Gasteiger partial charge in [-0.3, -0.25) is 0 Å². The molecule has 1 unspecified atom stereocenters. The summed E-state index contributed by atoms with van der Waals surface area (Å²) in [4.78, 5) is 4.64. The number of aryl methyl sites for hydroxylation is 1. The van der Waals surface area contributed by atoms with Crippen molar-refractivity contribution in [2.75, 3.05) is 7.11 Å². The van der Waals surface area contributed by atoms with Crippen molar-refractivity contribution in [2.24, 2.45) is 0 Å². The van der Waals surface area contributed by atoms with Crippen LogP contribution in [-0.4, -0.2) is 27.9 Å². The van der Waals surface area contributed by atoms with E-state index in [4.69, 9.17) is 4.74 Å². The summed E-state index contributed by atoms with van der Waals surface area (Å²) in [7, 11) is 1.67. The summed E-state index contributed by atoms with van der Waals surface area (Å²) in [6, 6.07) is 8.06. The Bertz CT molecular complexity index is 560. The second kappa shape index (κ2) is 5.05. The fourth-order valence-electron chi connectivity index (χ4n) is 2.52. The van der Waals surface area contributed by atoms with Crippen molar-refractivity contribution in [2.45, 2.75) is 31.9 Å². The molecule has 0 radical (unpaired) electrons. The summed E-state index contributed by atoms with van der Waals surface area (Å²) in [5.41, 5.74) is 2.28. The lowest BCUT2D eigenvalue weighted by Crippen LogP contribution is -2.23. The maximum absolute atomic E-state index is 9.65. The van der Waals surface area contributed by atoms with E-state index in [-0.39, 0.29) is 6.10 Å². The molecule has 19 heavy (non-hydrogen) atoms. The van der Waals surface area contributed by atoms with E-state index in [1.807, 2.05) is 12.1 Å². The number of nitrogens with zero attached hydrogens (tertiary/aromatic N) is 2. The average Bonchev–Trinajstić information content (AvgIpc) is 2.81. The van der Waals surface area contributed by atoms with E-state index < -0.39 is 0 Å². The van der Waals surface area contributed by atoms with Crippen LogP contribution in [0.25, 0.3) is 0 Å². The zero-order chi connectivity index (χ0) is 13.2. The molecule has 0 amide bonds. The molecule has 2 heterocycles. The van der Waals surface area contributed by atoms with Crippen LogP contribution in [0.15, 0.2) is 30.5 Å². The van der Waals surface area contributed by atoms with Gasteiger partial charge in [0, 0.05) is 25.6 Å². The van der Waals surface area contributed by atoms with Crippen LogP contribution < -0.4 is 4.74 Å². The zero-order valence-electron chi connectivity index (χ0n) is 11.0. The Labute approximate surface area is 112 Å². The lowest BCUT2D eigenvalue weighted by molar-refractivity contribution is 0.130. The van der Waals surface area contributed by atoms with Crippen LogP contribution in [0.3, 0.4) is 0 Å². The van der Waals surface area contributed by atoms with Gasteiger partial charge in [-0.05, 0) is 24.1 Å². The number of fused-ring (bicyclic) bond motifs is 1. The van der Waals surface area contributed by atoms with Crippen molar-refractivity contribution in [1.82, 2.24) is 9.55 Å². The van der Waals surface area contributed by atoms with Gasteiger partial charge in [0.05, 0.1) is 18.9 Å². The minimum absolute atomic E-state index is 0.226. The van der Waals surface area contributed by atoms with Gasteiger partial charge >= 0.3 is 0 Å². The van der Waals surface area contributed by atoms with Crippen molar-refractivity contribution >= 4 is 0 Å². The van der Waals surface area contributed by atoms with Gasteiger partial charge in [-0.25, -0.2) is 4.98 Å². The molecule has 2 aromatic rings. The van der Waals surface area contributed by atoms with E-state index in [2.05, 4.69) is 27.9 Å². The second-order valence-corrected chi connectivity index (χ2v) is 5.02. The van der Waals surface area contributed by atoms with E-state index in [1.165, 1.54) is 5.56 Å². The summed E-state index contributed by atoms with van der Waals surface area (Å²) >= 11 is 0. The largest absolute Gasteiger partial charge is 0.497 e. The van der Waals surface area contributed by atoms with Gasteiger partial charge in [0.1, 0.15) is 11.6 Å². The van der Waals surface area contributed by atoms with Crippen LogP contribution in [0.5, 0.6) is 5.75 Å². The van der Waals surface area contributed by atoms with Crippen LogP contribution in [0.2, 0.25) is 0 Å². The fraction of sp³-hybridized carbons (Fsp3) is 0.400. The highest BCUT2D eigenvalue weighted by Crippen LogP contribution is 2.18. The quantitative estimate of drug-likeness (QED) is 0.913. The first kappa shape index (κ1) is 12.2. The topological polar surface area (TPSA) is 47.3 Å². The molecule has 1 N–H and O–H groups in total. The van der Waals surface area contributed by atoms with E-state index in [9.17, 15) is 5.11 Å². The molecule has 0 saturated heterocycles. The molecule has 4 nitrogen and oxygen atoms in total. The van der Waals surface area contributed by atoms with Gasteiger partial charge in [0.15, 0.2) is 0 Å². The lowest BCUT2D eigenvalue weighted by atomic mass is 10.1. The van der Waals surface area contributed by atoms with Gasteiger partial charge < -0.3 is 14.4 Å². The molecule has 100 valence electrons. The van der Waals surface area contributed by atoms with E-state index >= 15 is 0 Å². The number of aromatic nitrogens is 2. The van der Waals surface area contributed by atoms with E-state index in [0.717, 1.165) is 36.5 Å². The number of methoxy groups -OCH3 is 1. The number of ether oxygens (including phenoxy) is 1. The predicted octanol–water partition coefficient (Wildman–Crippen LogP) is 1.79. The zero-order valence-corrected chi connectivity index (χ0v) is 11.0. The molecule has 1 aromatic carbocycles. The standard InChI is InChI=1S/C15H18N2O2/c1-19-14-5-2-11(3-6-14)8-12-9-17-10-13(18)4-7-15(17)16-12/h2-3,5-6,9,13,18H,4,7-8,10H2,1H3. The average molecular weight is 258 g/mol. The van der Waals surface area contributed by atoms with Gasteiger partial charge in [-0.2, -0.15) is 0 Å². The summed E-state index contributed by atoms with van der Waals surface area (Å²) < 4.78 is 7.23. The maximum Gasteiger partial charge on any atom is 0.118 e. The minimum Gasteiger partial charge on any atom is -0.497 e. The van der Waals surface area contributed by atoms with Crippen molar-refractivity contribution < 1.29 is 9.84 Å². The molecule has 1 aliphatic rings. The predicted molar refractivity (Wildman–Crippen MR) is 72.4 cm³/mol. The lowest BCUT2D eigenvalue weighted by Gasteiger charge is -2.18. The molecular weight excluding hydrogens is 240 g/mol. The third-order valence-electron chi connectivity index (χ3n) is 3.56. The van der Waals surface area contributed by atoms with Crippen LogP contribution >= 0.6 is 0 Å². The third kappa shape index (κ3) is 2.63. The Hall–Kier alpha value is -1.81. The summed E-state index contributed by atoms with van der Waals surface area (Å²) in [5, 5.41) is 9.65. The molecule has 1 aromatic heterocycles. The Balaban J connectivity index is 1.76. The van der Waals surface area contributed by atoms with Crippen molar-refractivity contribution in [3.05, 3.63) is 47.5 Å². The smallest absolute Gasteiger partial charge is 0.118 e. The molecule has 3 rings (SSSR count). The summed E-state index contributed by atoms with van der Waals surface area (Å²) in [5.74, 6) is 1.96. The van der Waals surface area contributed by atoms with Crippen LogP contribution in [0.4, 0.5) is 0 Å². The fourth-order valence-corrected chi connectivity index (χ4v) is 2.52. The third-order valence-corrected chi connectivity index (χ3v) is 3.56. The summed E-state index contributed by atoms with van der Waals surface area (Å²) in [6.07, 6.45) is 4.33. The first-order valence-electron chi connectivity index (χ1n) is 6.60. The highest BCUT2D eigenvalue weighted by atomic mass is 16.5. The van der Waals surface area contributed by atoms with Crippen molar-refractivity contribution in [3.8, 4) is 5.75 Å². The number of hydrogen-bond donors (Lipinski definition) is 1. The number of imidazole rings is 1. The number of hydrogen-bond acceptors (Lipinski definition) is 3. The molecule has 0 spiro atoms. The van der Waals surface area contributed by atoms with Crippen molar-refractivity contribution in [3.63, 3.8) is 0 Å². The number of rotatable bonds is 3. The molecule has 4 heteroatoms. The number of aliphatic hydroxyl groups is 1. The van der Waals surface area contributed by atoms with Crippen LogP contribution in [-0.2, 0) is 19.4 Å². The normalized spacial score (nSPS) is 18.1. The maximum atomic E-state index is 9.65. The molecule has 1 atom stereocenters. The Morgan fingerprint density at radius 1 is 1.37 bits per heavy atom. The molecule has 0 aliphatic carbocycles. The van der Waals surface area contributed by atoms with Gasteiger partial charge in [0.25, 0.3) is 0 Å².